The summed E-state index contributed by atoms with van der Waals surface area (Å²) in [5.41, 5.74) is 4.03. The number of hydrogen-bond donors (Lipinski definition) is 0. The zero-order valence-electron chi connectivity index (χ0n) is 10.6. The summed E-state index contributed by atoms with van der Waals surface area (Å²) in [5, 5.41) is 9.07. The number of aryl methyl sites for hydroxylation is 1. The van der Waals surface area contributed by atoms with E-state index in [0.717, 1.165) is 17.5 Å². The molecule has 0 fully saturated rings. The first-order valence-electron chi connectivity index (χ1n) is 5.96. The largest absolute Gasteiger partial charge is 0.495 e. The lowest BCUT2D eigenvalue weighted by molar-refractivity contribution is 0.413. The molecule has 0 saturated carbocycles. The Morgan fingerprint density at radius 2 is 1.72 bits per heavy atom. The molecule has 2 aromatic rings. The minimum Gasteiger partial charge on any atom is -0.495 e. The summed E-state index contributed by atoms with van der Waals surface area (Å²) in [6.45, 7) is 2.14. The van der Waals surface area contributed by atoms with E-state index in [0.29, 0.717) is 11.3 Å². The second-order valence-electron chi connectivity index (χ2n) is 4.08. The molecule has 0 aliphatic heterocycles. The van der Waals surface area contributed by atoms with Crippen molar-refractivity contribution in [1.82, 2.24) is 0 Å². The number of hydrogen-bond acceptors (Lipinski definition) is 2. The Hall–Kier alpha value is -2.27. The third-order valence-electron chi connectivity index (χ3n) is 3.02. The summed E-state index contributed by atoms with van der Waals surface area (Å²) in [6, 6.07) is 16.2. The van der Waals surface area contributed by atoms with Crippen molar-refractivity contribution in [2.24, 2.45) is 0 Å². The number of nitriles is 1. The van der Waals surface area contributed by atoms with E-state index in [4.69, 9.17) is 10.00 Å². The standard InChI is InChI=1S/C16H15NO/c1-3-12-4-6-13(7-5-12)14-8-9-16(18-2)15(10-14)11-17/h4-10H,3H2,1-2H3. The van der Waals surface area contributed by atoms with Gasteiger partial charge in [0.15, 0.2) is 0 Å². The highest BCUT2D eigenvalue weighted by atomic mass is 16.5. The monoisotopic (exact) mass is 237 g/mol. The van der Waals surface area contributed by atoms with Gasteiger partial charge in [0.25, 0.3) is 0 Å². The highest BCUT2D eigenvalue weighted by Crippen LogP contribution is 2.26. The van der Waals surface area contributed by atoms with Gasteiger partial charge in [0.2, 0.25) is 0 Å². The molecule has 2 heteroatoms. The van der Waals surface area contributed by atoms with Crippen LogP contribution in [-0.4, -0.2) is 7.11 Å². The Balaban J connectivity index is 2.41. The molecule has 0 aromatic heterocycles. The Bertz CT molecular complexity index is 579. The molecule has 0 N–H and O–H groups in total. The fraction of sp³-hybridized carbons (Fsp3) is 0.188. The van der Waals surface area contributed by atoms with Gasteiger partial charge in [-0.2, -0.15) is 5.26 Å². The first kappa shape index (κ1) is 12.2. The molecule has 0 aliphatic rings. The molecule has 0 aliphatic carbocycles. The van der Waals surface area contributed by atoms with Crippen molar-refractivity contribution < 1.29 is 4.74 Å². The van der Waals surface area contributed by atoms with Crippen LogP contribution in [0.1, 0.15) is 18.1 Å². The molecular formula is C16H15NO. The summed E-state index contributed by atoms with van der Waals surface area (Å²) in [6.07, 6.45) is 1.03. The van der Waals surface area contributed by atoms with Gasteiger partial charge in [0, 0.05) is 0 Å². The van der Waals surface area contributed by atoms with Crippen LogP contribution >= 0.6 is 0 Å². The lowest BCUT2D eigenvalue weighted by Crippen LogP contribution is -1.89. The maximum absolute atomic E-state index is 9.07. The van der Waals surface area contributed by atoms with E-state index in [1.54, 1.807) is 7.11 Å². The van der Waals surface area contributed by atoms with Crippen LogP contribution in [-0.2, 0) is 6.42 Å². The first-order valence-corrected chi connectivity index (χ1v) is 5.96. The number of ether oxygens (including phenoxy) is 1. The van der Waals surface area contributed by atoms with Gasteiger partial charge in [-0.15, -0.1) is 0 Å². The van der Waals surface area contributed by atoms with E-state index in [2.05, 4.69) is 37.3 Å². The van der Waals surface area contributed by atoms with Crippen LogP contribution in [0.5, 0.6) is 5.75 Å². The molecule has 0 atom stereocenters. The second kappa shape index (κ2) is 5.37. The van der Waals surface area contributed by atoms with E-state index in [-0.39, 0.29) is 0 Å². The summed E-state index contributed by atoms with van der Waals surface area (Å²) in [4.78, 5) is 0. The van der Waals surface area contributed by atoms with Gasteiger partial charge in [-0.25, -0.2) is 0 Å². The minimum absolute atomic E-state index is 0.564. The predicted octanol–water partition coefficient (Wildman–Crippen LogP) is 3.80. The van der Waals surface area contributed by atoms with Gasteiger partial charge in [-0.3, -0.25) is 0 Å². The number of nitrogens with zero attached hydrogens (tertiary/aromatic N) is 1. The fourth-order valence-corrected chi connectivity index (χ4v) is 1.91. The molecule has 0 radical (unpaired) electrons. The average Bonchev–Trinajstić information content (AvgIpc) is 2.46. The molecule has 2 nitrogen and oxygen atoms in total. The quantitative estimate of drug-likeness (QED) is 0.813. The van der Waals surface area contributed by atoms with E-state index in [1.165, 1.54) is 5.56 Å². The SMILES string of the molecule is CCc1ccc(-c2ccc(OC)c(C#N)c2)cc1. The zero-order valence-corrected chi connectivity index (χ0v) is 10.6. The van der Waals surface area contributed by atoms with Crippen molar-refractivity contribution in [3.8, 4) is 22.9 Å². The average molecular weight is 237 g/mol. The molecule has 2 rings (SSSR count). The fourth-order valence-electron chi connectivity index (χ4n) is 1.91. The van der Waals surface area contributed by atoms with Gasteiger partial charge in [0.1, 0.15) is 11.8 Å². The van der Waals surface area contributed by atoms with Gasteiger partial charge >= 0.3 is 0 Å². The van der Waals surface area contributed by atoms with E-state index in [9.17, 15) is 0 Å². The number of rotatable bonds is 3. The molecular weight excluding hydrogens is 222 g/mol. The van der Waals surface area contributed by atoms with Crippen LogP contribution in [0.15, 0.2) is 42.5 Å². The molecule has 18 heavy (non-hydrogen) atoms. The third-order valence-corrected chi connectivity index (χ3v) is 3.02. The lowest BCUT2D eigenvalue weighted by atomic mass is 10.0. The summed E-state index contributed by atoms with van der Waals surface area (Å²) >= 11 is 0. The topological polar surface area (TPSA) is 33.0 Å². The molecule has 0 saturated heterocycles. The van der Waals surface area contributed by atoms with Crippen LogP contribution in [0.25, 0.3) is 11.1 Å². The Morgan fingerprint density at radius 1 is 1.06 bits per heavy atom. The number of methoxy groups -OCH3 is 1. The Morgan fingerprint density at radius 3 is 2.28 bits per heavy atom. The van der Waals surface area contributed by atoms with Crippen molar-refractivity contribution in [3.05, 3.63) is 53.6 Å². The molecule has 0 spiro atoms. The van der Waals surface area contributed by atoms with Gasteiger partial charge in [-0.05, 0) is 35.2 Å². The smallest absolute Gasteiger partial charge is 0.136 e. The second-order valence-corrected chi connectivity index (χ2v) is 4.08. The summed E-state index contributed by atoms with van der Waals surface area (Å²) in [5.74, 6) is 0.617. The molecule has 0 heterocycles. The highest BCUT2D eigenvalue weighted by Gasteiger charge is 2.05. The van der Waals surface area contributed by atoms with E-state index < -0.39 is 0 Å². The normalized spacial score (nSPS) is 9.83. The van der Waals surface area contributed by atoms with Crippen molar-refractivity contribution in [1.29, 1.82) is 5.26 Å². The van der Waals surface area contributed by atoms with Crippen LogP contribution in [0.4, 0.5) is 0 Å². The molecule has 0 unspecified atom stereocenters. The van der Waals surface area contributed by atoms with Crippen molar-refractivity contribution in [3.63, 3.8) is 0 Å². The molecule has 0 bridgehead atoms. The maximum atomic E-state index is 9.07. The Labute approximate surface area is 107 Å². The summed E-state index contributed by atoms with van der Waals surface area (Å²) in [7, 11) is 1.58. The van der Waals surface area contributed by atoms with Crippen molar-refractivity contribution >= 4 is 0 Å². The van der Waals surface area contributed by atoms with Gasteiger partial charge in [-0.1, -0.05) is 37.3 Å². The zero-order chi connectivity index (χ0) is 13.0. The first-order chi connectivity index (χ1) is 8.78. The number of benzene rings is 2. The predicted molar refractivity (Wildman–Crippen MR) is 72.5 cm³/mol. The summed E-state index contributed by atoms with van der Waals surface area (Å²) < 4.78 is 5.14. The minimum atomic E-state index is 0.564. The third kappa shape index (κ3) is 2.36. The van der Waals surface area contributed by atoms with Crippen LogP contribution < -0.4 is 4.74 Å². The van der Waals surface area contributed by atoms with Crippen LogP contribution in [0, 0.1) is 11.3 Å². The van der Waals surface area contributed by atoms with Crippen LogP contribution in [0.3, 0.4) is 0 Å². The lowest BCUT2D eigenvalue weighted by Gasteiger charge is -2.07. The van der Waals surface area contributed by atoms with Crippen molar-refractivity contribution in [2.45, 2.75) is 13.3 Å². The molecule has 0 amide bonds. The van der Waals surface area contributed by atoms with E-state index >= 15 is 0 Å². The van der Waals surface area contributed by atoms with Crippen LogP contribution in [0.2, 0.25) is 0 Å². The molecule has 90 valence electrons. The van der Waals surface area contributed by atoms with E-state index in [1.807, 2.05) is 18.2 Å². The molecule has 2 aromatic carbocycles. The Kier molecular flexibility index (Phi) is 3.64. The van der Waals surface area contributed by atoms with Gasteiger partial charge in [0.05, 0.1) is 12.7 Å². The van der Waals surface area contributed by atoms with Gasteiger partial charge < -0.3 is 4.74 Å². The van der Waals surface area contributed by atoms with Crippen molar-refractivity contribution in [2.75, 3.05) is 7.11 Å². The highest BCUT2D eigenvalue weighted by molar-refractivity contribution is 5.67. The maximum Gasteiger partial charge on any atom is 0.136 e.